The first-order valence-electron chi connectivity index (χ1n) is 9.15. The molecule has 0 aliphatic rings. The molecule has 2 aromatic heterocycles. The van der Waals surface area contributed by atoms with E-state index in [2.05, 4.69) is 86.3 Å². The van der Waals surface area contributed by atoms with Gasteiger partial charge >= 0.3 is 0 Å². The van der Waals surface area contributed by atoms with E-state index in [4.69, 9.17) is 4.99 Å². The predicted molar refractivity (Wildman–Crippen MR) is 120 cm³/mol. The fraction of sp³-hybridized carbons (Fsp3) is 0.130. The molecule has 0 saturated heterocycles. The average Bonchev–Trinajstić information content (AvgIpc) is 3.11. The van der Waals surface area contributed by atoms with Crippen molar-refractivity contribution in [2.75, 3.05) is 0 Å². The first kappa shape index (κ1) is 18.8. The van der Waals surface area contributed by atoms with Crippen LogP contribution in [0.25, 0.3) is 11.3 Å². The molecule has 4 aromatic rings. The van der Waals surface area contributed by atoms with Crippen molar-refractivity contribution >= 4 is 33.0 Å². The Hall–Kier alpha value is -2.50. The molecule has 0 aliphatic carbocycles. The molecule has 2 aromatic carbocycles. The van der Waals surface area contributed by atoms with Crippen LogP contribution in [0.5, 0.6) is 0 Å². The van der Waals surface area contributed by atoms with Gasteiger partial charge in [0.15, 0.2) is 4.80 Å². The molecule has 0 bridgehead atoms. The van der Waals surface area contributed by atoms with E-state index in [1.54, 1.807) is 11.3 Å². The zero-order valence-electron chi connectivity index (χ0n) is 15.5. The number of hydrogen-bond acceptors (Lipinski definition) is 3. The van der Waals surface area contributed by atoms with Crippen molar-refractivity contribution < 1.29 is 0 Å². The number of aryl methyl sites for hydroxylation is 2. The summed E-state index contributed by atoms with van der Waals surface area (Å²) in [5, 5.41) is 2.19. The number of thiazole rings is 1. The molecule has 3 nitrogen and oxygen atoms in total. The highest BCUT2D eigenvalue weighted by atomic mass is 79.9. The number of halogens is 1. The van der Waals surface area contributed by atoms with E-state index < -0.39 is 0 Å². The van der Waals surface area contributed by atoms with E-state index in [0.29, 0.717) is 0 Å². The van der Waals surface area contributed by atoms with Gasteiger partial charge in [0.25, 0.3) is 0 Å². The van der Waals surface area contributed by atoms with Crippen LogP contribution in [0.2, 0.25) is 0 Å². The Bertz CT molecular complexity index is 1130. The van der Waals surface area contributed by atoms with Gasteiger partial charge in [-0.15, -0.1) is 11.3 Å². The SMILES string of the molecule is Cc1ccc(N=c2scc(-c3ccccc3Br)n2CCc2ccccn2)cc1. The summed E-state index contributed by atoms with van der Waals surface area (Å²) >= 11 is 5.36. The highest BCUT2D eigenvalue weighted by Crippen LogP contribution is 2.28. The third kappa shape index (κ3) is 4.32. The van der Waals surface area contributed by atoms with Crippen LogP contribution in [-0.4, -0.2) is 9.55 Å². The van der Waals surface area contributed by atoms with Crippen molar-refractivity contribution in [1.29, 1.82) is 0 Å². The fourth-order valence-corrected chi connectivity index (χ4v) is 4.46. The number of aromatic nitrogens is 2. The molecular weight excluding hydrogens is 430 g/mol. The molecule has 0 N–H and O–H groups in total. The molecule has 0 saturated carbocycles. The molecule has 4 rings (SSSR count). The van der Waals surface area contributed by atoms with Crippen molar-refractivity contribution in [1.82, 2.24) is 9.55 Å². The van der Waals surface area contributed by atoms with Crippen molar-refractivity contribution in [3.63, 3.8) is 0 Å². The molecular formula is C23H20BrN3S. The molecule has 0 amide bonds. The lowest BCUT2D eigenvalue weighted by Gasteiger charge is -2.10. The van der Waals surface area contributed by atoms with E-state index in [9.17, 15) is 0 Å². The second-order valence-corrected chi connectivity index (χ2v) is 8.24. The van der Waals surface area contributed by atoms with Crippen LogP contribution in [0.3, 0.4) is 0 Å². The second kappa shape index (κ2) is 8.67. The van der Waals surface area contributed by atoms with Gasteiger partial charge in [-0.2, -0.15) is 0 Å². The maximum Gasteiger partial charge on any atom is 0.190 e. The first-order chi connectivity index (χ1) is 13.7. The maximum atomic E-state index is 4.92. The Labute approximate surface area is 177 Å². The Kier molecular flexibility index (Phi) is 5.84. The van der Waals surface area contributed by atoms with Gasteiger partial charge in [-0.3, -0.25) is 4.98 Å². The number of nitrogens with zero attached hydrogens (tertiary/aromatic N) is 3. The van der Waals surface area contributed by atoms with Crippen LogP contribution in [-0.2, 0) is 13.0 Å². The van der Waals surface area contributed by atoms with Gasteiger partial charge in [0.2, 0.25) is 0 Å². The lowest BCUT2D eigenvalue weighted by molar-refractivity contribution is 0.674. The van der Waals surface area contributed by atoms with Gasteiger partial charge in [0.05, 0.1) is 11.4 Å². The standard InChI is InChI=1S/C23H20BrN3S/c1-17-9-11-19(12-10-17)26-23-27(15-13-18-6-4-5-14-25-18)22(16-28-23)20-7-2-3-8-21(20)24/h2-12,14,16H,13,15H2,1H3. The monoisotopic (exact) mass is 449 g/mol. The van der Waals surface area contributed by atoms with Gasteiger partial charge < -0.3 is 4.57 Å². The van der Waals surface area contributed by atoms with Crippen LogP contribution < -0.4 is 4.80 Å². The summed E-state index contributed by atoms with van der Waals surface area (Å²) in [6.45, 7) is 2.91. The van der Waals surface area contributed by atoms with E-state index in [0.717, 1.165) is 33.6 Å². The van der Waals surface area contributed by atoms with Crippen LogP contribution in [0.4, 0.5) is 5.69 Å². The third-order valence-electron chi connectivity index (χ3n) is 4.52. The zero-order valence-corrected chi connectivity index (χ0v) is 18.0. The lowest BCUT2D eigenvalue weighted by Crippen LogP contribution is -2.17. The summed E-state index contributed by atoms with van der Waals surface area (Å²) in [5.41, 5.74) is 5.63. The summed E-state index contributed by atoms with van der Waals surface area (Å²) in [5.74, 6) is 0. The quantitative estimate of drug-likeness (QED) is 0.358. The molecule has 0 fully saturated rings. The van der Waals surface area contributed by atoms with Crippen LogP contribution in [0, 0.1) is 6.92 Å². The van der Waals surface area contributed by atoms with Gasteiger partial charge in [-0.05, 0) is 37.3 Å². The minimum Gasteiger partial charge on any atom is -0.316 e. The van der Waals surface area contributed by atoms with Crippen molar-refractivity contribution in [2.24, 2.45) is 4.99 Å². The van der Waals surface area contributed by atoms with Crippen molar-refractivity contribution in [3.8, 4) is 11.3 Å². The van der Waals surface area contributed by atoms with Crippen LogP contribution in [0.15, 0.2) is 87.8 Å². The number of rotatable bonds is 5. The average molecular weight is 450 g/mol. The molecule has 140 valence electrons. The van der Waals surface area contributed by atoms with E-state index in [1.807, 2.05) is 24.4 Å². The molecule has 0 spiro atoms. The summed E-state index contributed by atoms with van der Waals surface area (Å²) < 4.78 is 3.38. The molecule has 28 heavy (non-hydrogen) atoms. The van der Waals surface area contributed by atoms with Gasteiger partial charge in [-0.25, -0.2) is 4.99 Å². The summed E-state index contributed by atoms with van der Waals surface area (Å²) in [7, 11) is 0. The minimum absolute atomic E-state index is 0.821. The van der Waals surface area contributed by atoms with Crippen LogP contribution in [0.1, 0.15) is 11.3 Å². The lowest BCUT2D eigenvalue weighted by atomic mass is 10.1. The van der Waals surface area contributed by atoms with Gasteiger partial charge in [-0.1, -0.05) is 57.9 Å². The molecule has 0 unspecified atom stereocenters. The number of pyridine rings is 1. The first-order valence-corrected chi connectivity index (χ1v) is 10.8. The smallest absolute Gasteiger partial charge is 0.190 e. The molecule has 0 atom stereocenters. The minimum atomic E-state index is 0.821. The van der Waals surface area contributed by atoms with Crippen molar-refractivity contribution in [3.05, 3.63) is 98.8 Å². The van der Waals surface area contributed by atoms with Gasteiger partial charge in [0.1, 0.15) is 0 Å². The molecule has 0 aliphatic heterocycles. The summed E-state index contributed by atoms with van der Waals surface area (Å²) in [6, 6.07) is 22.7. The summed E-state index contributed by atoms with van der Waals surface area (Å²) in [6.07, 6.45) is 2.70. The Morgan fingerprint density at radius 2 is 1.79 bits per heavy atom. The highest BCUT2D eigenvalue weighted by Gasteiger charge is 2.11. The topological polar surface area (TPSA) is 30.2 Å². The molecule has 2 heterocycles. The molecule has 0 radical (unpaired) electrons. The second-order valence-electron chi connectivity index (χ2n) is 6.55. The maximum absolute atomic E-state index is 4.92. The van der Waals surface area contributed by atoms with E-state index in [1.165, 1.54) is 16.8 Å². The Morgan fingerprint density at radius 3 is 2.54 bits per heavy atom. The molecule has 5 heteroatoms. The largest absolute Gasteiger partial charge is 0.316 e. The predicted octanol–water partition coefficient (Wildman–Crippen LogP) is 6.16. The van der Waals surface area contributed by atoms with E-state index in [-0.39, 0.29) is 0 Å². The normalized spacial score (nSPS) is 11.7. The third-order valence-corrected chi connectivity index (χ3v) is 6.08. The fourth-order valence-electron chi connectivity index (χ4n) is 3.02. The van der Waals surface area contributed by atoms with Crippen molar-refractivity contribution in [2.45, 2.75) is 19.9 Å². The highest BCUT2D eigenvalue weighted by molar-refractivity contribution is 9.10. The Morgan fingerprint density at radius 1 is 1.00 bits per heavy atom. The zero-order chi connectivity index (χ0) is 19.3. The van der Waals surface area contributed by atoms with E-state index >= 15 is 0 Å². The number of benzene rings is 2. The Balaban J connectivity index is 1.77. The summed E-state index contributed by atoms with van der Waals surface area (Å²) in [4.78, 5) is 10.4. The number of hydrogen-bond donors (Lipinski definition) is 0. The van der Waals surface area contributed by atoms with Gasteiger partial charge in [0, 0.05) is 40.3 Å². The van der Waals surface area contributed by atoms with Crippen LogP contribution >= 0.6 is 27.3 Å².